The fourth-order valence-electron chi connectivity index (χ4n) is 3.77. The zero-order valence-corrected chi connectivity index (χ0v) is 24.6. The number of unbranched alkanes of at least 4 members (excludes halogenated alkanes) is 4. The Balaban J connectivity index is 1.43. The van der Waals surface area contributed by atoms with E-state index in [9.17, 15) is 19.2 Å². The summed E-state index contributed by atoms with van der Waals surface area (Å²) in [6.07, 6.45) is 4.43. The molecule has 0 aliphatic rings. The van der Waals surface area contributed by atoms with Gasteiger partial charge in [-0.2, -0.15) is 0 Å². The summed E-state index contributed by atoms with van der Waals surface area (Å²) in [5, 5.41) is 0. The van der Waals surface area contributed by atoms with E-state index in [1.807, 2.05) is 48.5 Å². The van der Waals surface area contributed by atoms with E-state index in [-0.39, 0.29) is 37.9 Å². The van der Waals surface area contributed by atoms with Crippen LogP contribution in [0.25, 0.3) is 0 Å². The van der Waals surface area contributed by atoms with Gasteiger partial charge in [-0.1, -0.05) is 71.2 Å². The molecule has 4 amide bonds. The van der Waals surface area contributed by atoms with Gasteiger partial charge in [0.1, 0.15) is 11.5 Å². The molecule has 224 valence electrons. The Bertz CT molecular complexity index is 1010. The fraction of sp³-hybridized carbons (Fsp3) is 0.484. The molecule has 0 aromatic heterocycles. The van der Waals surface area contributed by atoms with Gasteiger partial charge in [0.05, 0.1) is 0 Å². The van der Waals surface area contributed by atoms with Crippen LogP contribution < -0.4 is 31.2 Å². The van der Waals surface area contributed by atoms with Crippen LogP contribution in [0.5, 0.6) is 11.5 Å². The van der Waals surface area contributed by atoms with Crippen LogP contribution in [0.4, 0.5) is 0 Å². The molecular weight excluding hydrogens is 524 g/mol. The molecule has 0 unspecified atom stereocenters. The molecule has 0 saturated carbocycles. The molecule has 10 heteroatoms. The first kappa shape index (κ1) is 33.1. The van der Waals surface area contributed by atoms with Gasteiger partial charge < -0.3 is 9.47 Å². The van der Waals surface area contributed by atoms with Gasteiger partial charge in [0.25, 0.3) is 11.8 Å². The maximum Gasteiger partial charge on any atom is 0.276 e. The van der Waals surface area contributed by atoms with Gasteiger partial charge in [-0.25, -0.2) is 0 Å². The zero-order chi connectivity index (χ0) is 30.0. The van der Waals surface area contributed by atoms with Gasteiger partial charge in [0.15, 0.2) is 13.2 Å². The maximum absolute atomic E-state index is 11.9. The molecule has 2 rings (SSSR count). The number of nitrogens with one attached hydrogen (secondary N) is 4. The maximum atomic E-state index is 11.9. The zero-order valence-electron chi connectivity index (χ0n) is 24.6. The molecule has 2 aromatic rings. The standard InChI is InChI=1S/C31H44N4O6/c1-22(2)24-12-16-26(17-13-24)40-20-30(38)34-32-28(36)10-8-6-5-7-9-11-29(37)33-35-31(39)21-41-27-18-14-25(15-19-27)23(3)4/h12-19,22-23H,5-11,20-21H2,1-4H3,(H,32,36)(H,33,37)(H,34,38)(H,35,39). The highest BCUT2D eigenvalue weighted by molar-refractivity contribution is 5.83. The average molecular weight is 569 g/mol. The van der Waals surface area contributed by atoms with Crippen molar-refractivity contribution in [1.82, 2.24) is 21.7 Å². The fourth-order valence-corrected chi connectivity index (χ4v) is 3.77. The number of hydrazine groups is 2. The highest BCUT2D eigenvalue weighted by Crippen LogP contribution is 2.19. The first-order chi connectivity index (χ1) is 19.6. The Morgan fingerprint density at radius 1 is 0.512 bits per heavy atom. The van der Waals surface area contributed by atoms with Crippen molar-refractivity contribution >= 4 is 23.6 Å². The summed E-state index contributed by atoms with van der Waals surface area (Å²) in [6, 6.07) is 15.1. The number of carbonyl (C=O) groups is 4. The van der Waals surface area contributed by atoms with E-state index < -0.39 is 11.8 Å². The third kappa shape index (κ3) is 14.2. The second kappa shape index (κ2) is 18.3. The molecule has 0 heterocycles. The number of hydrogen-bond donors (Lipinski definition) is 4. The van der Waals surface area contributed by atoms with Gasteiger partial charge in [0, 0.05) is 12.8 Å². The minimum atomic E-state index is -0.440. The molecule has 2 aromatic carbocycles. The Hall–Kier alpha value is -4.08. The number of hydrogen-bond acceptors (Lipinski definition) is 6. The van der Waals surface area contributed by atoms with Crippen LogP contribution in [0, 0.1) is 0 Å². The third-order valence-electron chi connectivity index (χ3n) is 6.32. The van der Waals surface area contributed by atoms with Crippen LogP contribution in [-0.2, 0) is 19.2 Å². The topological polar surface area (TPSA) is 135 Å². The first-order valence-electron chi connectivity index (χ1n) is 14.2. The van der Waals surface area contributed by atoms with Gasteiger partial charge in [-0.3, -0.25) is 40.9 Å². The largest absolute Gasteiger partial charge is 0.484 e. The number of carbonyl (C=O) groups excluding carboxylic acids is 4. The van der Waals surface area contributed by atoms with E-state index in [0.717, 1.165) is 19.3 Å². The van der Waals surface area contributed by atoms with Crippen LogP contribution in [-0.4, -0.2) is 36.8 Å². The summed E-state index contributed by atoms with van der Waals surface area (Å²) in [5.74, 6) is 0.589. The molecule has 0 aliphatic heterocycles. The minimum absolute atomic E-state index is 0.195. The van der Waals surface area contributed by atoms with Gasteiger partial charge in [0.2, 0.25) is 11.8 Å². The van der Waals surface area contributed by atoms with E-state index in [2.05, 4.69) is 49.4 Å². The van der Waals surface area contributed by atoms with E-state index in [4.69, 9.17) is 9.47 Å². The number of benzene rings is 2. The van der Waals surface area contributed by atoms with Gasteiger partial charge >= 0.3 is 0 Å². The van der Waals surface area contributed by atoms with Gasteiger partial charge in [-0.15, -0.1) is 0 Å². The predicted octanol–water partition coefficient (Wildman–Crippen LogP) is 4.42. The number of rotatable bonds is 16. The Morgan fingerprint density at radius 2 is 0.829 bits per heavy atom. The molecule has 0 fully saturated rings. The Morgan fingerprint density at radius 3 is 1.17 bits per heavy atom. The van der Waals surface area contributed by atoms with Crippen molar-refractivity contribution in [2.75, 3.05) is 13.2 Å². The lowest BCUT2D eigenvalue weighted by Gasteiger charge is -2.10. The molecular formula is C31H44N4O6. The first-order valence-corrected chi connectivity index (χ1v) is 14.2. The smallest absolute Gasteiger partial charge is 0.276 e. The van der Waals surface area contributed by atoms with Crippen LogP contribution in [0.2, 0.25) is 0 Å². The molecule has 0 spiro atoms. The van der Waals surface area contributed by atoms with Crippen LogP contribution in [0.15, 0.2) is 48.5 Å². The van der Waals surface area contributed by atoms with Crippen molar-refractivity contribution in [1.29, 1.82) is 0 Å². The summed E-state index contributed by atoms with van der Waals surface area (Å²) < 4.78 is 10.9. The Kier molecular flexibility index (Phi) is 14.8. The normalized spacial score (nSPS) is 10.7. The highest BCUT2D eigenvalue weighted by Gasteiger charge is 2.08. The second-order valence-corrected chi connectivity index (χ2v) is 10.5. The van der Waals surface area contributed by atoms with E-state index in [0.29, 0.717) is 36.2 Å². The molecule has 0 radical (unpaired) electrons. The van der Waals surface area contributed by atoms with Crippen molar-refractivity contribution < 1.29 is 28.7 Å². The average Bonchev–Trinajstić information content (AvgIpc) is 2.96. The summed E-state index contributed by atoms with van der Waals surface area (Å²) in [7, 11) is 0. The lowest BCUT2D eigenvalue weighted by molar-refractivity contribution is -0.130. The van der Waals surface area contributed by atoms with E-state index >= 15 is 0 Å². The van der Waals surface area contributed by atoms with E-state index in [1.54, 1.807) is 0 Å². The van der Waals surface area contributed by atoms with Crippen LogP contribution in [0.3, 0.4) is 0 Å². The molecule has 10 nitrogen and oxygen atoms in total. The van der Waals surface area contributed by atoms with Crippen LogP contribution >= 0.6 is 0 Å². The van der Waals surface area contributed by atoms with Crippen molar-refractivity contribution in [2.45, 2.75) is 84.5 Å². The molecule has 0 aliphatic carbocycles. The third-order valence-corrected chi connectivity index (χ3v) is 6.32. The number of amides is 4. The molecule has 0 bridgehead atoms. The molecule has 41 heavy (non-hydrogen) atoms. The van der Waals surface area contributed by atoms with Gasteiger partial charge in [-0.05, 0) is 60.1 Å². The van der Waals surface area contributed by atoms with Crippen molar-refractivity contribution in [3.8, 4) is 11.5 Å². The molecule has 4 N–H and O–H groups in total. The lowest BCUT2D eigenvalue weighted by Crippen LogP contribution is -2.43. The summed E-state index contributed by atoms with van der Waals surface area (Å²) in [6.45, 7) is 8.02. The van der Waals surface area contributed by atoms with Crippen molar-refractivity contribution in [2.24, 2.45) is 0 Å². The number of ether oxygens (including phenoxy) is 2. The second-order valence-electron chi connectivity index (χ2n) is 10.5. The van der Waals surface area contributed by atoms with E-state index in [1.165, 1.54) is 11.1 Å². The monoisotopic (exact) mass is 568 g/mol. The minimum Gasteiger partial charge on any atom is -0.484 e. The molecule has 0 atom stereocenters. The highest BCUT2D eigenvalue weighted by atomic mass is 16.5. The summed E-state index contributed by atoms with van der Waals surface area (Å²) in [5.41, 5.74) is 11.9. The van der Waals surface area contributed by atoms with Crippen LogP contribution in [0.1, 0.15) is 95.6 Å². The molecule has 0 saturated heterocycles. The summed E-state index contributed by atoms with van der Waals surface area (Å²) >= 11 is 0. The van der Waals surface area contributed by atoms with Crippen molar-refractivity contribution in [3.05, 3.63) is 59.7 Å². The quantitative estimate of drug-likeness (QED) is 0.175. The van der Waals surface area contributed by atoms with Crippen molar-refractivity contribution in [3.63, 3.8) is 0 Å². The summed E-state index contributed by atoms with van der Waals surface area (Å²) in [4.78, 5) is 47.6. The lowest BCUT2D eigenvalue weighted by atomic mass is 10.0. The Labute approximate surface area is 242 Å². The SMILES string of the molecule is CC(C)c1ccc(OCC(=O)NNC(=O)CCCCCCCC(=O)NNC(=O)COc2ccc(C(C)C)cc2)cc1. The predicted molar refractivity (Wildman–Crippen MR) is 157 cm³/mol.